The van der Waals surface area contributed by atoms with Gasteiger partial charge in [-0.1, -0.05) is 11.3 Å². The Balaban J connectivity index is 1.72. The highest BCUT2D eigenvalue weighted by Gasteiger charge is 2.31. The van der Waals surface area contributed by atoms with E-state index in [1.165, 1.54) is 4.31 Å². The van der Waals surface area contributed by atoms with Crippen LogP contribution in [0.3, 0.4) is 0 Å². The van der Waals surface area contributed by atoms with E-state index >= 15 is 0 Å². The van der Waals surface area contributed by atoms with Gasteiger partial charge in [0.05, 0.1) is 0 Å². The highest BCUT2D eigenvalue weighted by atomic mass is 32.2. The predicted molar refractivity (Wildman–Crippen MR) is 77.4 cm³/mol. The van der Waals surface area contributed by atoms with Crippen LogP contribution in [0.1, 0.15) is 0 Å². The number of anilines is 2. The van der Waals surface area contributed by atoms with E-state index in [0.29, 0.717) is 26.2 Å². The summed E-state index contributed by atoms with van der Waals surface area (Å²) >= 11 is 2.44. The SMILES string of the molecule is Nc1nnc(S(=O)(=O)N2CCN(c3nccs3)CC2)s1. The molecule has 0 spiro atoms. The van der Waals surface area contributed by atoms with Gasteiger partial charge >= 0.3 is 0 Å². The molecule has 0 atom stereocenters. The van der Waals surface area contributed by atoms with E-state index in [-0.39, 0.29) is 9.47 Å². The molecule has 3 heterocycles. The molecule has 0 amide bonds. The van der Waals surface area contributed by atoms with Gasteiger partial charge in [0, 0.05) is 37.8 Å². The molecule has 3 rings (SSSR count). The van der Waals surface area contributed by atoms with Crippen molar-refractivity contribution in [2.75, 3.05) is 36.8 Å². The number of aromatic nitrogens is 3. The summed E-state index contributed by atoms with van der Waals surface area (Å²) in [6, 6.07) is 0. The minimum absolute atomic E-state index is 0.0438. The predicted octanol–water partition coefficient (Wildman–Crippen LogP) is 0.0877. The molecular formula is C9H12N6O2S3. The van der Waals surface area contributed by atoms with Crippen LogP contribution in [0.15, 0.2) is 15.9 Å². The van der Waals surface area contributed by atoms with Crippen molar-refractivity contribution in [1.29, 1.82) is 0 Å². The van der Waals surface area contributed by atoms with Crippen LogP contribution in [0, 0.1) is 0 Å². The Morgan fingerprint density at radius 3 is 2.50 bits per heavy atom. The Morgan fingerprint density at radius 2 is 1.95 bits per heavy atom. The third-order valence-electron chi connectivity index (χ3n) is 2.91. The molecule has 1 aliphatic heterocycles. The lowest BCUT2D eigenvalue weighted by Crippen LogP contribution is -2.48. The molecule has 0 bridgehead atoms. The van der Waals surface area contributed by atoms with Gasteiger partial charge < -0.3 is 10.6 Å². The minimum atomic E-state index is -3.58. The van der Waals surface area contributed by atoms with Crippen molar-refractivity contribution in [2.45, 2.75) is 4.34 Å². The number of nitrogens with zero attached hydrogens (tertiary/aromatic N) is 5. The van der Waals surface area contributed by atoms with Crippen molar-refractivity contribution < 1.29 is 8.42 Å². The standard InChI is InChI=1S/C9H12N6O2S3/c10-7-12-13-9(19-7)20(16,17)15-4-2-14(3-5-15)8-11-1-6-18-8/h1,6H,2-5H2,(H2,10,12). The van der Waals surface area contributed by atoms with E-state index in [9.17, 15) is 8.42 Å². The maximum absolute atomic E-state index is 12.3. The van der Waals surface area contributed by atoms with Crippen LogP contribution >= 0.6 is 22.7 Å². The number of thiazole rings is 1. The molecule has 0 radical (unpaired) electrons. The fourth-order valence-electron chi connectivity index (χ4n) is 1.93. The Labute approximate surface area is 123 Å². The van der Waals surface area contributed by atoms with Gasteiger partial charge in [-0.15, -0.1) is 21.5 Å². The number of nitrogens with two attached hydrogens (primary N) is 1. The second-order valence-electron chi connectivity index (χ2n) is 4.11. The summed E-state index contributed by atoms with van der Waals surface area (Å²) in [5, 5.41) is 10.2. The highest BCUT2D eigenvalue weighted by Crippen LogP contribution is 2.24. The largest absolute Gasteiger partial charge is 0.374 e. The summed E-state index contributed by atoms with van der Waals surface area (Å²) in [5.41, 5.74) is 5.44. The molecule has 0 aromatic carbocycles. The van der Waals surface area contributed by atoms with Crippen molar-refractivity contribution in [3.63, 3.8) is 0 Å². The smallest absolute Gasteiger partial charge is 0.272 e. The summed E-state index contributed by atoms with van der Waals surface area (Å²) in [6.07, 6.45) is 1.74. The molecular weight excluding hydrogens is 320 g/mol. The maximum atomic E-state index is 12.3. The van der Waals surface area contributed by atoms with Crippen molar-refractivity contribution in [3.05, 3.63) is 11.6 Å². The summed E-state index contributed by atoms with van der Waals surface area (Å²) in [4.78, 5) is 6.30. The normalized spacial score (nSPS) is 17.5. The number of nitrogen functional groups attached to an aromatic ring is 1. The first kappa shape index (κ1) is 13.7. The van der Waals surface area contributed by atoms with E-state index in [1.54, 1.807) is 17.5 Å². The molecule has 20 heavy (non-hydrogen) atoms. The van der Waals surface area contributed by atoms with Gasteiger partial charge in [-0.05, 0) is 0 Å². The van der Waals surface area contributed by atoms with Gasteiger partial charge in [0.15, 0.2) is 5.13 Å². The zero-order valence-electron chi connectivity index (χ0n) is 10.3. The Bertz CT molecular complexity index is 674. The van der Waals surface area contributed by atoms with E-state index < -0.39 is 10.0 Å². The van der Waals surface area contributed by atoms with Crippen LogP contribution in [0.4, 0.5) is 10.3 Å². The highest BCUT2D eigenvalue weighted by molar-refractivity contribution is 7.91. The molecule has 1 aliphatic rings. The average molecular weight is 332 g/mol. The molecule has 0 saturated carbocycles. The van der Waals surface area contributed by atoms with Crippen LogP contribution in [0.5, 0.6) is 0 Å². The molecule has 11 heteroatoms. The number of hydrogen-bond donors (Lipinski definition) is 1. The van der Waals surface area contributed by atoms with E-state index in [2.05, 4.69) is 20.1 Å². The van der Waals surface area contributed by atoms with Gasteiger partial charge in [-0.25, -0.2) is 13.4 Å². The fourth-order valence-corrected chi connectivity index (χ4v) is 4.97. The Kier molecular flexibility index (Phi) is 3.58. The number of hydrogen-bond acceptors (Lipinski definition) is 9. The van der Waals surface area contributed by atoms with E-state index in [1.807, 2.05) is 5.38 Å². The molecule has 1 fully saturated rings. The zero-order chi connectivity index (χ0) is 14.2. The maximum Gasteiger partial charge on any atom is 0.272 e. The van der Waals surface area contributed by atoms with Crippen LogP contribution in [-0.4, -0.2) is 54.1 Å². The van der Waals surface area contributed by atoms with E-state index in [4.69, 9.17) is 5.73 Å². The summed E-state index contributed by atoms with van der Waals surface area (Å²) < 4.78 is 26.1. The first-order valence-corrected chi connectivity index (χ1v) is 8.94. The summed E-state index contributed by atoms with van der Waals surface area (Å²) in [5.74, 6) is 0. The first-order valence-electron chi connectivity index (χ1n) is 5.81. The number of piperazine rings is 1. The molecule has 2 N–H and O–H groups in total. The molecule has 2 aromatic heterocycles. The van der Waals surface area contributed by atoms with Crippen molar-refractivity contribution >= 4 is 43.0 Å². The molecule has 1 saturated heterocycles. The Morgan fingerprint density at radius 1 is 1.20 bits per heavy atom. The van der Waals surface area contributed by atoms with Gasteiger partial charge in [-0.2, -0.15) is 4.31 Å². The lowest BCUT2D eigenvalue weighted by Gasteiger charge is -2.33. The third kappa shape index (κ3) is 2.49. The molecule has 8 nitrogen and oxygen atoms in total. The van der Waals surface area contributed by atoms with Gasteiger partial charge in [0.2, 0.25) is 9.47 Å². The van der Waals surface area contributed by atoms with Gasteiger partial charge in [-0.3, -0.25) is 0 Å². The molecule has 108 valence electrons. The topological polar surface area (TPSA) is 105 Å². The quantitative estimate of drug-likeness (QED) is 0.849. The Hall–Kier alpha value is -1.30. The van der Waals surface area contributed by atoms with Crippen LogP contribution < -0.4 is 10.6 Å². The van der Waals surface area contributed by atoms with Crippen LogP contribution in [0.2, 0.25) is 0 Å². The monoisotopic (exact) mass is 332 g/mol. The third-order valence-corrected chi connectivity index (χ3v) is 6.74. The van der Waals surface area contributed by atoms with Crippen molar-refractivity contribution in [1.82, 2.24) is 19.5 Å². The zero-order valence-corrected chi connectivity index (χ0v) is 12.8. The second-order valence-corrected chi connectivity index (χ2v) is 8.11. The van der Waals surface area contributed by atoms with Crippen molar-refractivity contribution in [2.24, 2.45) is 0 Å². The number of rotatable bonds is 3. The molecule has 0 unspecified atom stereocenters. The lowest BCUT2D eigenvalue weighted by atomic mass is 10.4. The van der Waals surface area contributed by atoms with E-state index in [0.717, 1.165) is 16.5 Å². The fraction of sp³-hybridized carbons (Fsp3) is 0.444. The van der Waals surface area contributed by atoms with Crippen LogP contribution in [0.25, 0.3) is 0 Å². The van der Waals surface area contributed by atoms with Gasteiger partial charge in [0.25, 0.3) is 10.0 Å². The molecule has 0 aliphatic carbocycles. The first-order chi connectivity index (χ1) is 9.57. The second kappa shape index (κ2) is 5.24. The van der Waals surface area contributed by atoms with Crippen LogP contribution in [-0.2, 0) is 10.0 Å². The average Bonchev–Trinajstić information content (AvgIpc) is 3.10. The number of sulfonamides is 1. The summed E-state index contributed by atoms with van der Waals surface area (Å²) in [6.45, 7) is 2.03. The van der Waals surface area contributed by atoms with Gasteiger partial charge in [0.1, 0.15) is 0 Å². The lowest BCUT2D eigenvalue weighted by molar-refractivity contribution is 0.384. The summed E-state index contributed by atoms with van der Waals surface area (Å²) in [7, 11) is -3.58. The molecule has 2 aromatic rings. The minimum Gasteiger partial charge on any atom is -0.374 e. The van der Waals surface area contributed by atoms with Crippen molar-refractivity contribution in [3.8, 4) is 0 Å².